The van der Waals surface area contributed by atoms with Crippen molar-refractivity contribution >= 4 is 17.0 Å². The van der Waals surface area contributed by atoms with Crippen LogP contribution in [0.5, 0.6) is 0 Å². The van der Waals surface area contributed by atoms with E-state index >= 15 is 0 Å². The Kier molecular flexibility index (Phi) is 3.09. The maximum Gasteiger partial charge on any atom is 0.165 e. The van der Waals surface area contributed by atoms with E-state index in [4.69, 9.17) is 5.73 Å². The molecule has 7 heteroatoms. The molecule has 7 nitrogen and oxygen atoms in total. The molecule has 3 aliphatic rings. The number of anilines is 1. The maximum atomic E-state index is 9.91. The van der Waals surface area contributed by atoms with Crippen LogP contribution in [0.4, 0.5) is 5.82 Å². The summed E-state index contributed by atoms with van der Waals surface area (Å²) >= 11 is 0. The highest BCUT2D eigenvalue weighted by Crippen LogP contribution is 2.56. The molecule has 4 N–H and O–H groups in total. The lowest BCUT2D eigenvalue weighted by Gasteiger charge is -2.54. The summed E-state index contributed by atoms with van der Waals surface area (Å²) in [6, 6.07) is 0.200. The normalized spacial score (nSPS) is 30.0. The molecule has 0 aliphatic heterocycles. The van der Waals surface area contributed by atoms with E-state index in [1.807, 2.05) is 0 Å². The Labute approximate surface area is 128 Å². The first kappa shape index (κ1) is 13.9. The number of nitrogens with two attached hydrogens (primary N) is 1. The lowest BCUT2D eigenvalue weighted by Crippen LogP contribution is -2.51. The molecule has 0 saturated heterocycles. The molecule has 2 bridgehead atoms. The van der Waals surface area contributed by atoms with E-state index in [9.17, 15) is 10.2 Å². The van der Waals surface area contributed by atoms with Gasteiger partial charge in [-0.05, 0) is 37.5 Å². The molecule has 0 unspecified atom stereocenters. The zero-order valence-corrected chi connectivity index (χ0v) is 12.4. The largest absolute Gasteiger partial charge is 0.396 e. The van der Waals surface area contributed by atoms with Crippen LogP contribution in [0.15, 0.2) is 12.7 Å². The number of nitrogen functional groups attached to an aromatic ring is 1. The lowest BCUT2D eigenvalue weighted by molar-refractivity contribution is -0.0988. The average molecular weight is 303 g/mol. The molecule has 3 fully saturated rings. The SMILES string of the molecule is Nc1ncnc2c1ncn2[C@@H]1C[C@@H]2CC[C@H]1C(CO)(CO)C2. The number of aliphatic hydroxyl groups excluding tert-OH is 2. The van der Waals surface area contributed by atoms with Crippen LogP contribution < -0.4 is 5.73 Å². The van der Waals surface area contributed by atoms with E-state index < -0.39 is 0 Å². The minimum absolute atomic E-state index is 0.0327. The summed E-state index contributed by atoms with van der Waals surface area (Å²) in [6.45, 7) is 0.0653. The molecule has 3 atom stereocenters. The van der Waals surface area contributed by atoms with Crippen molar-refractivity contribution < 1.29 is 10.2 Å². The second-order valence-corrected chi connectivity index (χ2v) is 6.82. The minimum atomic E-state index is -0.388. The van der Waals surface area contributed by atoms with Crippen molar-refractivity contribution in [2.45, 2.75) is 31.7 Å². The predicted molar refractivity (Wildman–Crippen MR) is 80.8 cm³/mol. The third-order valence-corrected chi connectivity index (χ3v) is 5.78. The molecule has 2 aromatic heterocycles. The van der Waals surface area contributed by atoms with Crippen LogP contribution in [-0.4, -0.2) is 42.9 Å². The molecule has 3 aliphatic carbocycles. The number of nitrogens with zero attached hydrogens (tertiary/aromatic N) is 4. The molecular weight excluding hydrogens is 282 g/mol. The molecule has 22 heavy (non-hydrogen) atoms. The van der Waals surface area contributed by atoms with Gasteiger partial charge in [0.05, 0.1) is 19.5 Å². The summed E-state index contributed by atoms with van der Waals surface area (Å²) in [5.41, 5.74) is 6.86. The van der Waals surface area contributed by atoms with E-state index in [-0.39, 0.29) is 30.6 Å². The Bertz CT molecular complexity index is 696. The number of fused-ring (bicyclic) bond motifs is 4. The molecule has 0 spiro atoms. The van der Waals surface area contributed by atoms with Crippen molar-refractivity contribution in [2.24, 2.45) is 17.3 Å². The fourth-order valence-electron chi connectivity index (χ4n) is 4.69. The highest BCUT2D eigenvalue weighted by atomic mass is 16.3. The van der Waals surface area contributed by atoms with Gasteiger partial charge in [-0.3, -0.25) is 0 Å². The fraction of sp³-hybridized carbons (Fsp3) is 0.667. The molecule has 3 saturated carbocycles. The first-order valence-corrected chi connectivity index (χ1v) is 7.83. The number of imidazole rings is 1. The molecule has 0 aromatic carbocycles. The molecule has 118 valence electrons. The van der Waals surface area contributed by atoms with Gasteiger partial charge in [0, 0.05) is 11.5 Å². The molecule has 0 radical (unpaired) electrons. The van der Waals surface area contributed by atoms with Crippen LogP contribution in [0.3, 0.4) is 0 Å². The minimum Gasteiger partial charge on any atom is -0.396 e. The van der Waals surface area contributed by atoms with E-state index in [2.05, 4.69) is 19.5 Å². The second-order valence-electron chi connectivity index (χ2n) is 6.82. The van der Waals surface area contributed by atoms with Crippen LogP contribution in [0.25, 0.3) is 11.2 Å². The molecule has 2 aromatic rings. The monoisotopic (exact) mass is 303 g/mol. The number of aliphatic hydroxyl groups is 2. The lowest BCUT2D eigenvalue weighted by atomic mass is 9.54. The Balaban J connectivity index is 1.80. The number of hydrogen-bond acceptors (Lipinski definition) is 6. The summed E-state index contributed by atoms with van der Waals surface area (Å²) in [6.07, 6.45) is 7.39. The second kappa shape index (κ2) is 4.89. The Morgan fingerprint density at radius 1 is 1.23 bits per heavy atom. The van der Waals surface area contributed by atoms with Gasteiger partial charge in [0.25, 0.3) is 0 Å². The number of rotatable bonds is 3. The summed E-state index contributed by atoms with van der Waals surface area (Å²) in [5, 5.41) is 19.8. The topological polar surface area (TPSA) is 110 Å². The molecule has 5 rings (SSSR count). The van der Waals surface area contributed by atoms with Gasteiger partial charge < -0.3 is 20.5 Å². The van der Waals surface area contributed by atoms with Crippen LogP contribution in [-0.2, 0) is 0 Å². The Morgan fingerprint density at radius 2 is 2.05 bits per heavy atom. The summed E-state index contributed by atoms with van der Waals surface area (Å²) in [7, 11) is 0. The van der Waals surface area contributed by atoms with Gasteiger partial charge >= 0.3 is 0 Å². The van der Waals surface area contributed by atoms with Crippen molar-refractivity contribution in [3.05, 3.63) is 12.7 Å². The van der Waals surface area contributed by atoms with Crippen molar-refractivity contribution in [3.8, 4) is 0 Å². The van der Waals surface area contributed by atoms with Crippen LogP contribution in [0.1, 0.15) is 31.7 Å². The molecule has 2 heterocycles. The Hall–Kier alpha value is -1.73. The summed E-state index contributed by atoms with van der Waals surface area (Å²) in [5.74, 6) is 1.16. The first-order chi connectivity index (χ1) is 10.7. The van der Waals surface area contributed by atoms with Crippen LogP contribution in [0, 0.1) is 17.3 Å². The predicted octanol–water partition coefficient (Wildman–Crippen LogP) is 0.741. The Morgan fingerprint density at radius 3 is 2.77 bits per heavy atom. The molecular formula is C15H21N5O2. The van der Waals surface area contributed by atoms with E-state index in [0.29, 0.717) is 17.3 Å². The highest BCUT2D eigenvalue weighted by Gasteiger charge is 2.52. The quantitative estimate of drug-likeness (QED) is 0.771. The van der Waals surface area contributed by atoms with Crippen LogP contribution >= 0.6 is 0 Å². The van der Waals surface area contributed by atoms with Gasteiger partial charge in [0.2, 0.25) is 0 Å². The third kappa shape index (κ3) is 1.78. The maximum absolute atomic E-state index is 9.91. The molecule has 0 amide bonds. The average Bonchev–Trinajstić information content (AvgIpc) is 3.00. The number of hydrogen-bond donors (Lipinski definition) is 3. The first-order valence-electron chi connectivity index (χ1n) is 7.83. The van der Waals surface area contributed by atoms with Crippen molar-refractivity contribution in [3.63, 3.8) is 0 Å². The van der Waals surface area contributed by atoms with E-state index in [0.717, 1.165) is 24.9 Å². The van der Waals surface area contributed by atoms with Gasteiger partial charge in [-0.1, -0.05) is 0 Å². The van der Waals surface area contributed by atoms with Crippen molar-refractivity contribution in [1.82, 2.24) is 19.5 Å². The van der Waals surface area contributed by atoms with Crippen LogP contribution in [0.2, 0.25) is 0 Å². The fourth-order valence-corrected chi connectivity index (χ4v) is 4.69. The van der Waals surface area contributed by atoms with Gasteiger partial charge in [-0.25, -0.2) is 15.0 Å². The zero-order chi connectivity index (χ0) is 15.3. The van der Waals surface area contributed by atoms with Gasteiger partial charge in [0.1, 0.15) is 11.8 Å². The van der Waals surface area contributed by atoms with E-state index in [1.54, 1.807) is 6.33 Å². The summed E-state index contributed by atoms with van der Waals surface area (Å²) in [4.78, 5) is 12.7. The van der Waals surface area contributed by atoms with Crippen molar-refractivity contribution in [2.75, 3.05) is 18.9 Å². The van der Waals surface area contributed by atoms with Gasteiger partial charge in [-0.2, -0.15) is 0 Å². The summed E-state index contributed by atoms with van der Waals surface area (Å²) < 4.78 is 2.07. The van der Waals surface area contributed by atoms with Crippen molar-refractivity contribution in [1.29, 1.82) is 0 Å². The standard InChI is InChI=1S/C15H21N5O2/c16-13-12-14(18-7-17-13)20(8-19-12)11-3-9-1-2-10(11)15(4-9,5-21)6-22/h7-11,21-22H,1-6H2,(H2,16,17,18)/t9-,10+,11+/m0/s1. The zero-order valence-electron chi connectivity index (χ0n) is 12.4. The van der Waals surface area contributed by atoms with Gasteiger partial charge in [-0.15, -0.1) is 0 Å². The number of aromatic nitrogens is 4. The highest BCUT2D eigenvalue weighted by molar-refractivity contribution is 5.81. The third-order valence-electron chi connectivity index (χ3n) is 5.78. The van der Waals surface area contributed by atoms with E-state index in [1.165, 1.54) is 12.7 Å². The smallest absolute Gasteiger partial charge is 0.165 e. The van der Waals surface area contributed by atoms with Gasteiger partial charge in [0.15, 0.2) is 11.5 Å².